The average molecular weight is 298 g/mol. The monoisotopic (exact) mass is 298 g/mol. The topological polar surface area (TPSA) is 99.5 Å². The fraction of sp³-hybridized carbons (Fsp3) is 0.692. The van der Waals surface area contributed by atoms with E-state index in [2.05, 4.69) is 4.98 Å². The largest absolute Gasteiger partial charge is 0.423 e. The van der Waals surface area contributed by atoms with Crippen LogP contribution in [0.4, 0.5) is 10.8 Å². The van der Waals surface area contributed by atoms with Crippen LogP contribution in [0, 0.1) is 0 Å². The van der Waals surface area contributed by atoms with Gasteiger partial charge in [0.25, 0.3) is 0 Å². The van der Waals surface area contributed by atoms with Crippen LogP contribution in [0.1, 0.15) is 41.5 Å². The molecule has 118 valence electrons. The number of hydrogen-bond donors (Lipinski definition) is 1. The highest BCUT2D eigenvalue weighted by Gasteiger charge is 2.31. The van der Waals surface area contributed by atoms with Crippen molar-refractivity contribution in [2.45, 2.75) is 59.7 Å². The summed E-state index contributed by atoms with van der Waals surface area (Å²) in [5.41, 5.74) is -0.847. The number of urea groups is 1. The van der Waals surface area contributed by atoms with E-state index >= 15 is 0 Å². The number of rotatable bonds is 4. The number of H-pyrrole nitrogens is 1. The van der Waals surface area contributed by atoms with Gasteiger partial charge < -0.3 is 9.32 Å². The maximum Gasteiger partial charge on any atom is 0.423 e. The lowest BCUT2D eigenvalue weighted by Gasteiger charge is -2.36. The van der Waals surface area contributed by atoms with Gasteiger partial charge in [-0.15, -0.1) is 4.98 Å². The van der Waals surface area contributed by atoms with Crippen LogP contribution < -0.4 is 16.3 Å². The minimum absolute atomic E-state index is 0.0486. The van der Waals surface area contributed by atoms with E-state index < -0.39 is 11.4 Å². The van der Waals surface area contributed by atoms with Gasteiger partial charge in [-0.05, 0) is 41.5 Å². The van der Waals surface area contributed by atoms with Crippen molar-refractivity contribution in [3.8, 4) is 0 Å². The van der Waals surface area contributed by atoms with E-state index in [9.17, 15) is 14.4 Å². The third kappa shape index (κ3) is 3.93. The molecule has 0 saturated carbocycles. The van der Waals surface area contributed by atoms with Gasteiger partial charge in [-0.2, -0.15) is 0 Å². The summed E-state index contributed by atoms with van der Waals surface area (Å²) in [6.07, 6.45) is 0. The number of hydrogen-bond acceptors (Lipinski definition) is 5. The molecule has 21 heavy (non-hydrogen) atoms. The van der Waals surface area contributed by atoms with E-state index in [4.69, 9.17) is 4.42 Å². The second-order valence-electron chi connectivity index (χ2n) is 5.56. The quantitative estimate of drug-likeness (QED) is 0.899. The van der Waals surface area contributed by atoms with E-state index in [1.165, 1.54) is 4.90 Å². The Hall–Kier alpha value is -2.12. The Kier molecular flexibility index (Phi) is 5.28. The molecule has 1 aromatic heterocycles. The maximum atomic E-state index is 12.7. The molecular formula is C13H22N4O4. The lowest BCUT2D eigenvalue weighted by molar-refractivity contribution is 0.168. The van der Waals surface area contributed by atoms with Gasteiger partial charge >= 0.3 is 23.5 Å². The molecular weight excluding hydrogens is 276 g/mol. The highest BCUT2D eigenvalue weighted by molar-refractivity contribution is 5.90. The Bertz CT molecular complexity index is 566. The Morgan fingerprint density at radius 2 is 1.57 bits per heavy atom. The van der Waals surface area contributed by atoms with Crippen molar-refractivity contribution in [3.05, 3.63) is 21.0 Å². The van der Waals surface area contributed by atoms with Gasteiger partial charge in [0.15, 0.2) is 0 Å². The average Bonchev–Trinajstić information content (AvgIpc) is 2.25. The first-order valence-electron chi connectivity index (χ1n) is 6.88. The first-order chi connectivity index (χ1) is 9.65. The molecule has 2 amide bonds. The van der Waals surface area contributed by atoms with Gasteiger partial charge in [-0.3, -0.25) is 0 Å². The predicted molar refractivity (Wildman–Crippen MR) is 78.5 cm³/mol. The van der Waals surface area contributed by atoms with Crippen LogP contribution in [0.2, 0.25) is 0 Å². The fourth-order valence-electron chi connectivity index (χ4n) is 2.12. The summed E-state index contributed by atoms with van der Waals surface area (Å²) in [5, 5.41) is 0. The lowest BCUT2D eigenvalue weighted by Crippen LogP contribution is -2.52. The molecule has 0 bridgehead atoms. The molecule has 0 aliphatic rings. The Morgan fingerprint density at radius 3 is 1.95 bits per heavy atom. The molecule has 1 aromatic rings. The zero-order chi connectivity index (χ0) is 16.3. The number of amides is 2. The molecule has 0 saturated heterocycles. The molecule has 0 aliphatic carbocycles. The predicted octanol–water partition coefficient (Wildman–Crippen LogP) is 1.18. The van der Waals surface area contributed by atoms with Crippen molar-refractivity contribution < 1.29 is 9.21 Å². The van der Waals surface area contributed by atoms with Crippen molar-refractivity contribution >= 4 is 12.0 Å². The molecule has 0 aliphatic heterocycles. The standard InChI is InChI=1S/C13H22N4O4/c1-7(2)16(8(3)4)13(20)17(9(5)6)11-14-10(18)15-12(19)21-11/h7-9H,1-6H3,(H,15,18,19). The van der Waals surface area contributed by atoms with Crippen LogP contribution in [0.3, 0.4) is 0 Å². The highest BCUT2D eigenvalue weighted by Crippen LogP contribution is 2.17. The van der Waals surface area contributed by atoms with Gasteiger partial charge in [0.2, 0.25) is 0 Å². The second-order valence-corrected chi connectivity index (χ2v) is 5.56. The number of nitrogens with zero attached hydrogens (tertiary/aromatic N) is 3. The SMILES string of the molecule is CC(C)N(C(=O)N(C(C)C)C(C)C)c1nc(=O)[nH]c(=O)o1. The third-order valence-electron chi connectivity index (χ3n) is 2.85. The van der Waals surface area contributed by atoms with Gasteiger partial charge in [-0.1, -0.05) is 0 Å². The van der Waals surface area contributed by atoms with E-state index in [0.29, 0.717) is 0 Å². The summed E-state index contributed by atoms with van der Waals surface area (Å²) >= 11 is 0. The molecule has 8 nitrogen and oxygen atoms in total. The van der Waals surface area contributed by atoms with Crippen LogP contribution in [-0.2, 0) is 0 Å². The molecule has 0 unspecified atom stereocenters. The van der Waals surface area contributed by atoms with Gasteiger partial charge in [0, 0.05) is 18.1 Å². The zero-order valence-electron chi connectivity index (χ0n) is 13.2. The maximum absolute atomic E-state index is 12.7. The van der Waals surface area contributed by atoms with Crippen molar-refractivity contribution in [2.24, 2.45) is 0 Å². The van der Waals surface area contributed by atoms with Crippen molar-refractivity contribution in [1.29, 1.82) is 0 Å². The van der Waals surface area contributed by atoms with Crippen molar-refractivity contribution in [2.75, 3.05) is 4.90 Å². The number of aromatic amines is 1. The zero-order valence-corrected chi connectivity index (χ0v) is 13.2. The lowest BCUT2D eigenvalue weighted by atomic mass is 10.2. The minimum Gasteiger partial charge on any atom is -0.375 e. The fourth-order valence-corrected chi connectivity index (χ4v) is 2.12. The van der Waals surface area contributed by atoms with Gasteiger partial charge in [0.05, 0.1) is 0 Å². The first kappa shape index (κ1) is 16.9. The van der Waals surface area contributed by atoms with Crippen molar-refractivity contribution in [1.82, 2.24) is 14.9 Å². The van der Waals surface area contributed by atoms with Gasteiger partial charge in [0.1, 0.15) is 0 Å². The van der Waals surface area contributed by atoms with E-state index in [0.717, 1.165) is 0 Å². The molecule has 0 spiro atoms. The number of nitrogens with one attached hydrogen (secondary N) is 1. The summed E-state index contributed by atoms with van der Waals surface area (Å²) in [7, 11) is 0. The number of aromatic nitrogens is 2. The van der Waals surface area contributed by atoms with E-state index in [-0.39, 0.29) is 30.2 Å². The molecule has 0 fully saturated rings. The first-order valence-corrected chi connectivity index (χ1v) is 6.88. The minimum atomic E-state index is -0.941. The number of anilines is 1. The van der Waals surface area contributed by atoms with Crippen molar-refractivity contribution in [3.63, 3.8) is 0 Å². The van der Waals surface area contributed by atoms with Crippen LogP contribution in [0.25, 0.3) is 0 Å². The van der Waals surface area contributed by atoms with Crippen LogP contribution >= 0.6 is 0 Å². The number of carbonyl (C=O) groups is 1. The summed E-state index contributed by atoms with van der Waals surface area (Å²) in [6, 6.07) is -1.08. The smallest absolute Gasteiger partial charge is 0.375 e. The Morgan fingerprint density at radius 1 is 1.05 bits per heavy atom. The van der Waals surface area contributed by atoms with Crippen LogP contribution in [-0.4, -0.2) is 39.0 Å². The molecule has 0 aromatic carbocycles. The summed E-state index contributed by atoms with van der Waals surface area (Å²) in [4.78, 5) is 43.6. The normalized spacial score (nSPS) is 11.3. The van der Waals surface area contributed by atoms with Crippen LogP contribution in [0.5, 0.6) is 0 Å². The molecule has 1 heterocycles. The summed E-state index contributed by atoms with van der Waals surface area (Å²) in [6.45, 7) is 11.0. The third-order valence-corrected chi connectivity index (χ3v) is 2.85. The number of carbonyl (C=O) groups excluding carboxylic acids is 1. The molecule has 1 N–H and O–H groups in total. The highest BCUT2D eigenvalue weighted by atomic mass is 16.4. The van der Waals surface area contributed by atoms with Gasteiger partial charge in [-0.25, -0.2) is 24.3 Å². The van der Waals surface area contributed by atoms with E-state index in [1.807, 2.05) is 32.7 Å². The summed E-state index contributed by atoms with van der Waals surface area (Å²) in [5.74, 6) is -0.941. The molecule has 0 atom stereocenters. The van der Waals surface area contributed by atoms with Crippen LogP contribution in [0.15, 0.2) is 14.0 Å². The van der Waals surface area contributed by atoms with E-state index in [1.54, 1.807) is 18.7 Å². The summed E-state index contributed by atoms with van der Waals surface area (Å²) < 4.78 is 4.87. The second kappa shape index (κ2) is 6.55. The molecule has 0 radical (unpaired) electrons. The Labute approximate surface area is 122 Å². The Balaban J connectivity index is 3.32. The molecule has 8 heteroatoms. The molecule has 1 rings (SSSR count).